The molecule has 2 rings (SSSR count). The third kappa shape index (κ3) is 4.06. The molecule has 0 spiro atoms. The van der Waals surface area contributed by atoms with E-state index in [1.54, 1.807) is 0 Å². The third-order valence-electron chi connectivity index (χ3n) is 3.07. The molecule has 0 saturated heterocycles. The van der Waals surface area contributed by atoms with Gasteiger partial charge in [0.2, 0.25) is 0 Å². The molecule has 1 heterocycles. The average Bonchev–Trinajstić information content (AvgIpc) is 2.84. The molecule has 1 N–H and O–H groups in total. The Kier molecular flexibility index (Phi) is 5.78. The summed E-state index contributed by atoms with van der Waals surface area (Å²) in [6.07, 6.45) is -0.503. The number of nitrogens with zero attached hydrogens (tertiary/aromatic N) is 3. The number of ether oxygens (including phenoxy) is 1. The number of rotatable bonds is 7. The average molecular weight is 307 g/mol. The molecule has 1 atom stereocenters. The van der Waals surface area contributed by atoms with Crippen molar-refractivity contribution < 1.29 is 9.84 Å². The lowest BCUT2D eigenvalue weighted by molar-refractivity contribution is 0.0551. The second-order valence-corrected chi connectivity index (χ2v) is 5.76. The van der Waals surface area contributed by atoms with E-state index in [-0.39, 0.29) is 0 Å². The van der Waals surface area contributed by atoms with E-state index in [1.807, 2.05) is 36.6 Å². The van der Waals surface area contributed by atoms with Crippen LogP contribution in [0.4, 0.5) is 0 Å². The van der Waals surface area contributed by atoms with Crippen LogP contribution < -0.4 is 0 Å². The minimum Gasteiger partial charge on any atom is -0.390 e. The van der Waals surface area contributed by atoms with Gasteiger partial charge in [-0.2, -0.15) is 0 Å². The van der Waals surface area contributed by atoms with Gasteiger partial charge >= 0.3 is 0 Å². The van der Waals surface area contributed by atoms with Crippen LogP contribution in [0, 0.1) is 13.8 Å². The summed E-state index contributed by atoms with van der Waals surface area (Å²) in [4.78, 5) is 0. The molecule has 0 saturated carbocycles. The number of para-hydroxylation sites is 1. The first-order chi connectivity index (χ1) is 10.1. The molecule has 0 fully saturated rings. The first kappa shape index (κ1) is 16.0. The van der Waals surface area contributed by atoms with Crippen LogP contribution in [0.2, 0.25) is 0 Å². The summed E-state index contributed by atoms with van der Waals surface area (Å²) in [6.45, 7) is 6.87. The Balaban J connectivity index is 2.14. The zero-order chi connectivity index (χ0) is 15.2. The number of aromatic nitrogens is 3. The summed E-state index contributed by atoms with van der Waals surface area (Å²) >= 11 is 1.49. The van der Waals surface area contributed by atoms with Crippen molar-refractivity contribution >= 4 is 11.8 Å². The fourth-order valence-corrected chi connectivity index (χ4v) is 2.90. The molecular formula is C15H21N3O2S. The Morgan fingerprint density at radius 2 is 2.05 bits per heavy atom. The molecule has 5 nitrogen and oxygen atoms in total. The summed E-state index contributed by atoms with van der Waals surface area (Å²) in [5, 5.41) is 19.0. The number of aliphatic hydroxyl groups is 1. The molecule has 6 heteroatoms. The van der Waals surface area contributed by atoms with E-state index < -0.39 is 6.10 Å². The lowest BCUT2D eigenvalue weighted by Crippen LogP contribution is -2.18. The number of aliphatic hydroxyl groups excluding tert-OH is 1. The highest BCUT2D eigenvalue weighted by molar-refractivity contribution is 7.99. The van der Waals surface area contributed by atoms with Crippen molar-refractivity contribution in [1.29, 1.82) is 0 Å². The van der Waals surface area contributed by atoms with E-state index >= 15 is 0 Å². The Morgan fingerprint density at radius 3 is 2.76 bits per heavy atom. The minimum atomic E-state index is -0.503. The number of benzene rings is 1. The van der Waals surface area contributed by atoms with Gasteiger partial charge in [0.1, 0.15) is 5.82 Å². The second kappa shape index (κ2) is 7.59. The third-order valence-corrected chi connectivity index (χ3v) is 4.14. The summed E-state index contributed by atoms with van der Waals surface area (Å²) in [7, 11) is 0. The highest BCUT2D eigenvalue weighted by Gasteiger charge is 2.14. The molecule has 0 aliphatic rings. The highest BCUT2D eigenvalue weighted by Crippen LogP contribution is 2.24. The fourth-order valence-electron chi connectivity index (χ4n) is 2.00. The van der Waals surface area contributed by atoms with E-state index in [0.29, 0.717) is 19.0 Å². The van der Waals surface area contributed by atoms with Gasteiger partial charge < -0.3 is 9.84 Å². The van der Waals surface area contributed by atoms with E-state index in [9.17, 15) is 5.11 Å². The molecule has 0 bridgehead atoms. The Morgan fingerprint density at radius 1 is 1.29 bits per heavy atom. The van der Waals surface area contributed by atoms with Gasteiger partial charge in [0.15, 0.2) is 5.16 Å². The van der Waals surface area contributed by atoms with Crippen molar-refractivity contribution in [3.63, 3.8) is 0 Å². The van der Waals surface area contributed by atoms with Crippen LogP contribution in [0.1, 0.15) is 18.3 Å². The first-order valence-electron chi connectivity index (χ1n) is 7.00. The molecule has 1 aromatic carbocycles. The van der Waals surface area contributed by atoms with Crippen LogP contribution in [0.5, 0.6) is 0 Å². The van der Waals surface area contributed by atoms with Crippen molar-refractivity contribution in [1.82, 2.24) is 14.8 Å². The zero-order valence-corrected chi connectivity index (χ0v) is 13.4. The number of hydrogen-bond acceptors (Lipinski definition) is 5. The molecule has 0 radical (unpaired) electrons. The SMILES string of the molecule is CCOC[C@H](O)CSc1nnc(C)n1-c1ccccc1C. The summed E-state index contributed by atoms with van der Waals surface area (Å²) in [5.74, 6) is 1.37. The maximum atomic E-state index is 9.86. The van der Waals surface area contributed by atoms with Crippen LogP contribution in [0.15, 0.2) is 29.4 Å². The summed E-state index contributed by atoms with van der Waals surface area (Å²) in [5.41, 5.74) is 2.24. The number of hydrogen-bond donors (Lipinski definition) is 1. The monoisotopic (exact) mass is 307 g/mol. The summed E-state index contributed by atoms with van der Waals surface area (Å²) in [6, 6.07) is 8.12. The molecular weight excluding hydrogens is 286 g/mol. The fraction of sp³-hybridized carbons (Fsp3) is 0.467. The van der Waals surface area contributed by atoms with Gasteiger partial charge in [-0.3, -0.25) is 4.57 Å². The van der Waals surface area contributed by atoms with Gasteiger partial charge in [0.05, 0.1) is 18.4 Å². The Hall–Kier alpha value is -1.37. The van der Waals surface area contributed by atoms with Crippen LogP contribution >= 0.6 is 11.8 Å². The molecule has 0 amide bonds. The Labute approximate surface area is 129 Å². The normalized spacial score (nSPS) is 12.6. The van der Waals surface area contributed by atoms with Gasteiger partial charge in [-0.1, -0.05) is 30.0 Å². The second-order valence-electron chi connectivity index (χ2n) is 4.78. The van der Waals surface area contributed by atoms with Gasteiger partial charge in [-0.15, -0.1) is 10.2 Å². The maximum Gasteiger partial charge on any atom is 0.195 e. The van der Waals surface area contributed by atoms with Crippen LogP contribution in [-0.2, 0) is 4.74 Å². The molecule has 1 aromatic heterocycles. The van der Waals surface area contributed by atoms with Gasteiger partial charge in [-0.25, -0.2) is 0 Å². The van der Waals surface area contributed by atoms with E-state index in [2.05, 4.69) is 23.2 Å². The van der Waals surface area contributed by atoms with E-state index in [1.165, 1.54) is 11.8 Å². The molecule has 114 valence electrons. The van der Waals surface area contributed by atoms with Crippen LogP contribution in [0.25, 0.3) is 5.69 Å². The van der Waals surface area contributed by atoms with Crippen molar-refractivity contribution in [3.05, 3.63) is 35.7 Å². The van der Waals surface area contributed by atoms with Crippen molar-refractivity contribution in [3.8, 4) is 5.69 Å². The molecule has 0 aliphatic carbocycles. The maximum absolute atomic E-state index is 9.86. The quantitative estimate of drug-likeness (QED) is 0.796. The highest BCUT2D eigenvalue weighted by atomic mass is 32.2. The predicted molar refractivity (Wildman–Crippen MR) is 84.1 cm³/mol. The van der Waals surface area contributed by atoms with E-state index in [4.69, 9.17) is 4.74 Å². The minimum absolute atomic E-state index is 0.348. The lowest BCUT2D eigenvalue weighted by atomic mass is 10.2. The smallest absolute Gasteiger partial charge is 0.195 e. The van der Waals surface area contributed by atoms with Gasteiger partial charge in [0.25, 0.3) is 0 Å². The first-order valence-corrected chi connectivity index (χ1v) is 7.98. The topological polar surface area (TPSA) is 60.2 Å². The van der Waals surface area contributed by atoms with Crippen molar-refractivity contribution in [2.45, 2.75) is 32.0 Å². The van der Waals surface area contributed by atoms with Crippen LogP contribution in [-0.4, -0.2) is 44.9 Å². The van der Waals surface area contributed by atoms with E-state index in [0.717, 1.165) is 22.2 Å². The summed E-state index contributed by atoms with van der Waals surface area (Å²) < 4.78 is 7.24. The number of thioether (sulfide) groups is 1. The predicted octanol–water partition coefficient (Wildman–Crippen LogP) is 2.37. The molecule has 0 aliphatic heterocycles. The molecule has 21 heavy (non-hydrogen) atoms. The largest absolute Gasteiger partial charge is 0.390 e. The zero-order valence-electron chi connectivity index (χ0n) is 12.6. The molecule has 0 unspecified atom stereocenters. The van der Waals surface area contributed by atoms with Crippen molar-refractivity contribution in [2.24, 2.45) is 0 Å². The molecule has 2 aromatic rings. The van der Waals surface area contributed by atoms with Crippen LogP contribution in [0.3, 0.4) is 0 Å². The Bertz CT molecular complexity index is 586. The van der Waals surface area contributed by atoms with Gasteiger partial charge in [0, 0.05) is 12.4 Å². The number of aryl methyl sites for hydroxylation is 2. The lowest BCUT2D eigenvalue weighted by Gasteiger charge is -2.13. The van der Waals surface area contributed by atoms with Crippen molar-refractivity contribution in [2.75, 3.05) is 19.0 Å². The van der Waals surface area contributed by atoms with Gasteiger partial charge in [-0.05, 0) is 32.4 Å². The standard InChI is InChI=1S/C15H21N3O2S/c1-4-20-9-13(19)10-21-15-17-16-12(3)18(15)14-8-6-5-7-11(14)2/h5-8,13,19H,4,9-10H2,1-3H3/t13-/m0/s1.